The number of rotatable bonds is 6. The Hall–Kier alpha value is -3.47. The van der Waals surface area contributed by atoms with E-state index in [1.807, 2.05) is 18.2 Å². The van der Waals surface area contributed by atoms with Gasteiger partial charge >= 0.3 is 0 Å². The van der Waals surface area contributed by atoms with E-state index in [0.29, 0.717) is 36.9 Å². The van der Waals surface area contributed by atoms with Crippen molar-refractivity contribution in [1.82, 2.24) is 20.5 Å². The molecule has 0 bridgehead atoms. The molecule has 1 saturated carbocycles. The third kappa shape index (κ3) is 3.71. The van der Waals surface area contributed by atoms with Crippen LogP contribution in [-0.4, -0.2) is 59.9 Å². The fraction of sp³-hybridized carbons (Fsp3) is 0.480. The zero-order valence-electron chi connectivity index (χ0n) is 18.6. The molecule has 1 aromatic carbocycles. The zero-order chi connectivity index (χ0) is 23.1. The Kier molecular flexibility index (Phi) is 5.49. The monoisotopic (exact) mass is 448 g/mol. The average Bonchev–Trinajstić information content (AvgIpc) is 3.48. The lowest BCUT2D eigenvalue weighted by atomic mass is 9.73. The van der Waals surface area contributed by atoms with E-state index in [-0.39, 0.29) is 29.6 Å². The van der Waals surface area contributed by atoms with Crippen molar-refractivity contribution in [1.29, 1.82) is 0 Å². The van der Waals surface area contributed by atoms with E-state index in [4.69, 9.17) is 11.2 Å². The van der Waals surface area contributed by atoms with Crippen molar-refractivity contribution >= 4 is 28.6 Å². The molecular weight excluding hydrogens is 420 g/mol. The first-order valence-electron chi connectivity index (χ1n) is 11.5. The molecule has 3 fully saturated rings. The minimum Gasteiger partial charge on any atom is -0.496 e. The minimum absolute atomic E-state index is 0.0181. The van der Waals surface area contributed by atoms with Crippen LogP contribution in [0.4, 0.5) is 0 Å². The van der Waals surface area contributed by atoms with Gasteiger partial charge in [0, 0.05) is 29.9 Å². The van der Waals surface area contributed by atoms with Crippen molar-refractivity contribution in [3.05, 3.63) is 30.0 Å². The van der Waals surface area contributed by atoms with E-state index in [1.54, 1.807) is 18.1 Å². The molecule has 33 heavy (non-hydrogen) atoms. The number of nitrogens with one attached hydrogen (secondary N) is 3. The molecule has 0 radical (unpaired) electrons. The Bertz CT molecular complexity index is 1150. The summed E-state index contributed by atoms with van der Waals surface area (Å²) in [5.41, 5.74) is 1.24. The van der Waals surface area contributed by atoms with Gasteiger partial charge in [0.25, 0.3) is 5.91 Å². The number of terminal acetylenes is 1. The summed E-state index contributed by atoms with van der Waals surface area (Å²) in [5, 5.41) is 6.57. The van der Waals surface area contributed by atoms with Crippen LogP contribution in [0.25, 0.3) is 10.9 Å². The van der Waals surface area contributed by atoms with Gasteiger partial charge in [-0.05, 0) is 55.7 Å². The fourth-order valence-electron chi connectivity index (χ4n) is 5.54. The highest BCUT2D eigenvalue weighted by atomic mass is 16.5. The lowest BCUT2D eigenvalue weighted by Gasteiger charge is -2.33. The minimum atomic E-state index is -0.558. The van der Waals surface area contributed by atoms with Crippen LogP contribution < -0.4 is 15.4 Å². The van der Waals surface area contributed by atoms with Crippen LogP contribution in [0.15, 0.2) is 24.3 Å². The molecule has 8 nitrogen and oxygen atoms in total. The summed E-state index contributed by atoms with van der Waals surface area (Å²) in [4.78, 5) is 43.7. The van der Waals surface area contributed by atoms with Crippen LogP contribution in [0, 0.1) is 30.1 Å². The first-order chi connectivity index (χ1) is 16.0. The average molecular weight is 449 g/mol. The molecule has 2 aromatic rings. The van der Waals surface area contributed by atoms with Crippen molar-refractivity contribution in [2.45, 2.75) is 37.8 Å². The zero-order valence-corrected chi connectivity index (χ0v) is 18.6. The summed E-state index contributed by atoms with van der Waals surface area (Å²) in [6, 6.07) is 6.29. The van der Waals surface area contributed by atoms with Gasteiger partial charge in [-0.2, -0.15) is 0 Å². The van der Waals surface area contributed by atoms with Gasteiger partial charge in [0.1, 0.15) is 17.5 Å². The number of ether oxygens (including phenoxy) is 1. The molecule has 172 valence electrons. The fourth-order valence-corrected chi connectivity index (χ4v) is 5.54. The van der Waals surface area contributed by atoms with E-state index in [1.165, 1.54) is 0 Å². The molecular formula is C25H28N4O4. The molecule has 3 aliphatic rings. The molecule has 3 amide bonds. The molecule has 0 spiro atoms. The van der Waals surface area contributed by atoms with E-state index in [0.717, 1.165) is 30.2 Å². The number of likely N-dealkylation sites (tertiary alicyclic amines) is 1. The van der Waals surface area contributed by atoms with Crippen LogP contribution in [0.3, 0.4) is 0 Å². The number of carbonyl (C=O) groups is 3. The lowest BCUT2D eigenvalue weighted by molar-refractivity contribution is -0.128. The summed E-state index contributed by atoms with van der Waals surface area (Å²) in [5.74, 6) is 3.14. The highest BCUT2D eigenvalue weighted by Crippen LogP contribution is 2.45. The largest absolute Gasteiger partial charge is 0.496 e. The van der Waals surface area contributed by atoms with Crippen LogP contribution in [-0.2, 0) is 9.59 Å². The highest BCUT2D eigenvalue weighted by Gasteiger charge is 2.52. The second-order valence-corrected chi connectivity index (χ2v) is 9.25. The Morgan fingerprint density at radius 2 is 2.18 bits per heavy atom. The van der Waals surface area contributed by atoms with E-state index in [9.17, 15) is 14.4 Å². The molecule has 3 N–H and O–H groups in total. The Morgan fingerprint density at radius 1 is 1.33 bits per heavy atom. The van der Waals surface area contributed by atoms with Crippen molar-refractivity contribution in [2.24, 2.45) is 17.8 Å². The number of benzene rings is 1. The number of aromatic nitrogens is 1. The smallest absolute Gasteiger partial charge is 0.271 e. The van der Waals surface area contributed by atoms with Crippen molar-refractivity contribution in [2.75, 3.05) is 20.2 Å². The molecule has 5 atom stereocenters. The number of hydrogen-bond acceptors (Lipinski definition) is 4. The number of nitrogens with zero attached hydrogens (tertiary/aromatic N) is 1. The maximum Gasteiger partial charge on any atom is 0.271 e. The lowest BCUT2D eigenvalue weighted by Crippen LogP contribution is -2.52. The molecule has 1 aromatic heterocycles. The van der Waals surface area contributed by atoms with Crippen LogP contribution in [0.5, 0.6) is 5.75 Å². The van der Waals surface area contributed by atoms with Gasteiger partial charge in [-0.3, -0.25) is 14.4 Å². The quantitative estimate of drug-likeness (QED) is 0.585. The third-order valence-electron chi connectivity index (χ3n) is 7.45. The molecule has 5 rings (SSSR count). The van der Waals surface area contributed by atoms with Crippen molar-refractivity contribution in [3.8, 4) is 18.1 Å². The molecule has 3 heterocycles. The molecule has 5 unspecified atom stereocenters. The summed E-state index contributed by atoms with van der Waals surface area (Å²) in [7, 11) is 1.60. The van der Waals surface area contributed by atoms with Gasteiger partial charge in [-0.1, -0.05) is 12.0 Å². The summed E-state index contributed by atoms with van der Waals surface area (Å²) >= 11 is 0. The van der Waals surface area contributed by atoms with E-state index >= 15 is 0 Å². The van der Waals surface area contributed by atoms with Crippen molar-refractivity contribution < 1.29 is 19.1 Å². The Labute approximate surface area is 192 Å². The summed E-state index contributed by atoms with van der Waals surface area (Å²) in [6.07, 6.45) is 8.74. The van der Waals surface area contributed by atoms with Gasteiger partial charge in [0.2, 0.25) is 11.8 Å². The molecule has 1 aliphatic carbocycles. The van der Waals surface area contributed by atoms with Gasteiger partial charge in [0.15, 0.2) is 0 Å². The Balaban J connectivity index is 1.35. The molecule has 2 saturated heterocycles. The van der Waals surface area contributed by atoms with Crippen LogP contribution in [0.2, 0.25) is 0 Å². The SMILES string of the molecule is C#CC(CC1CCNC1=O)NC(=O)C1C2CCC2CN1C(=O)c1cc2c(OC)cccc2[nH]1. The highest BCUT2D eigenvalue weighted by molar-refractivity contribution is 6.02. The standard InChI is InChI=1S/C25H28N4O4/c1-3-16(11-14-9-10-26-23(14)30)27-24(31)22-17-8-7-15(17)13-29(22)25(32)20-12-18-19(28-20)5-4-6-21(18)33-2/h1,4-6,12,14-17,22,28H,7-11,13H2,2H3,(H,26,30)(H,27,31). The van der Waals surface area contributed by atoms with Gasteiger partial charge in [-0.15, -0.1) is 6.42 Å². The first-order valence-corrected chi connectivity index (χ1v) is 11.5. The van der Waals surface area contributed by atoms with E-state index < -0.39 is 12.1 Å². The van der Waals surface area contributed by atoms with Gasteiger partial charge < -0.3 is 25.3 Å². The maximum absolute atomic E-state index is 13.5. The second-order valence-electron chi connectivity index (χ2n) is 9.25. The Morgan fingerprint density at radius 3 is 2.85 bits per heavy atom. The second kappa shape index (κ2) is 8.47. The number of amides is 3. The molecule has 8 heteroatoms. The predicted molar refractivity (Wildman–Crippen MR) is 122 cm³/mol. The molecule has 2 aliphatic heterocycles. The van der Waals surface area contributed by atoms with Crippen LogP contribution >= 0.6 is 0 Å². The number of hydrogen-bond donors (Lipinski definition) is 3. The first kappa shape index (κ1) is 21.4. The number of fused-ring (bicyclic) bond motifs is 2. The summed E-state index contributed by atoms with van der Waals surface area (Å²) < 4.78 is 5.41. The predicted octanol–water partition coefficient (Wildman–Crippen LogP) is 1.67. The summed E-state index contributed by atoms with van der Waals surface area (Å²) in [6.45, 7) is 1.19. The number of H-pyrrole nitrogens is 1. The maximum atomic E-state index is 13.5. The number of carbonyl (C=O) groups excluding carboxylic acids is 3. The van der Waals surface area contributed by atoms with Gasteiger partial charge in [-0.25, -0.2) is 0 Å². The van der Waals surface area contributed by atoms with Crippen molar-refractivity contribution in [3.63, 3.8) is 0 Å². The number of aromatic amines is 1. The number of methoxy groups -OCH3 is 1. The van der Waals surface area contributed by atoms with Crippen LogP contribution in [0.1, 0.15) is 36.2 Å². The third-order valence-corrected chi connectivity index (χ3v) is 7.45. The van der Waals surface area contributed by atoms with Gasteiger partial charge in [0.05, 0.1) is 13.2 Å². The van der Waals surface area contributed by atoms with E-state index in [2.05, 4.69) is 21.5 Å². The normalized spacial score (nSPS) is 26.8. The topological polar surface area (TPSA) is 104 Å².